The van der Waals surface area contributed by atoms with Crippen LogP contribution in [0.25, 0.3) is 0 Å². The molecule has 2 aromatic rings. The van der Waals surface area contributed by atoms with E-state index in [9.17, 15) is 32.3 Å². The molecule has 7 nitrogen and oxygen atoms in total. The Kier molecular flexibility index (Phi) is 9.78. The Hall–Kier alpha value is -3.69. The Balaban J connectivity index is 2.02. The molecule has 0 saturated heterocycles. The van der Waals surface area contributed by atoms with Crippen LogP contribution >= 0.6 is 0 Å². The van der Waals surface area contributed by atoms with E-state index in [2.05, 4.69) is 5.32 Å². The van der Waals surface area contributed by atoms with Crippen molar-refractivity contribution in [2.45, 2.75) is 44.3 Å². The van der Waals surface area contributed by atoms with Crippen LogP contribution in [0.2, 0.25) is 0 Å². The molecule has 10 heteroatoms. The molecule has 1 atom stereocenters. The minimum absolute atomic E-state index is 0.0129. The van der Waals surface area contributed by atoms with Crippen LogP contribution in [0.5, 0.6) is 0 Å². The van der Waals surface area contributed by atoms with Crippen molar-refractivity contribution in [1.82, 2.24) is 10.6 Å². The summed E-state index contributed by atoms with van der Waals surface area (Å²) >= 11 is 0. The van der Waals surface area contributed by atoms with E-state index in [4.69, 9.17) is 5.11 Å². The maximum atomic E-state index is 12.7. The fourth-order valence-electron chi connectivity index (χ4n) is 3.15. The molecule has 0 radical (unpaired) electrons. The van der Waals surface area contributed by atoms with E-state index >= 15 is 0 Å². The van der Waals surface area contributed by atoms with Gasteiger partial charge >= 0.3 is 18.1 Å². The van der Waals surface area contributed by atoms with E-state index in [1.807, 2.05) is 0 Å². The summed E-state index contributed by atoms with van der Waals surface area (Å²) in [4.78, 5) is 46.9. The van der Waals surface area contributed by atoms with Gasteiger partial charge in [0.05, 0.1) is 0 Å². The van der Waals surface area contributed by atoms with Gasteiger partial charge in [0, 0.05) is 30.5 Å². The van der Waals surface area contributed by atoms with Crippen LogP contribution in [0, 0.1) is 0 Å². The smallest absolute Gasteiger partial charge is 0.471 e. The Labute approximate surface area is 194 Å². The first-order valence-electron chi connectivity index (χ1n) is 10.6. The van der Waals surface area contributed by atoms with Crippen molar-refractivity contribution in [3.8, 4) is 0 Å². The first-order valence-corrected chi connectivity index (χ1v) is 10.6. The van der Waals surface area contributed by atoms with Crippen molar-refractivity contribution in [2.75, 3.05) is 6.54 Å². The van der Waals surface area contributed by atoms with Gasteiger partial charge in [-0.25, -0.2) is 0 Å². The minimum Gasteiger partial charge on any atom is -0.481 e. The van der Waals surface area contributed by atoms with Gasteiger partial charge in [0.2, 0.25) is 5.91 Å². The van der Waals surface area contributed by atoms with Crippen molar-refractivity contribution in [3.63, 3.8) is 0 Å². The molecule has 2 amide bonds. The number of benzene rings is 2. The zero-order chi connectivity index (χ0) is 25.1. The van der Waals surface area contributed by atoms with Crippen molar-refractivity contribution in [1.29, 1.82) is 0 Å². The number of nitrogens with one attached hydrogen (secondary N) is 2. The zero-order valence-corrected chi connectivity index (χ0v) is 18.2. The zero-order valence-electron chi connectivity index (χ0n) is 18.2. The van der Waals surface area contributed by atoms with Gasteiger partial charge < -0.3 is 15.7 Å². The molecule has 0 aliphatic carbocycles. The summed E-state index contributed by atoms with van der Waals surface area (Å²) in [6.07, 6.45) is -4.01. The van der Waals surface area contributed by atoms with Gasteiger partial charge in [0.1, 0.15) is 6.04 Å². The lowest BCUT2D eigenvalue weighted by atomic mass is 9.99. The van der Waals surface area contributed by atoms with Crippen LogP contribution in [0.15, 0.2) is 54.6 Å². The second-order valence-corrected chi connectivity index (χ2v) is 7.62. The van der Waals surface area contributed by atoms with Gasteiger partial charge in [-0.3, -0.25) is 19.2 Å². The van der Waals surface area contributed by atoms with E-state index in [1.165, 1.54) is 24.3 Å². The van der Waals surface area contributed by atoms with Crippen molar-refractivity contribution in [3.05, 3.63) is 71.3 Å². The lowest BCUT2D eigenvalue weighted by Gasteiger charge is -2.19. The average molecular weight is 478 g/mol. The molecule has 0 bridgehead atoms. The molecule has 0 spiro atoms. The van der Waals surface area contributed by atoms with Crippen LogP contribution in [-0.2, 0) is 20.8 Å². The fourth-order valence-corrected chi connectivity index (χ4v) is 3.15. The lowest BCUT2D eigenvalue weighted by Crippen LogP contribution is -2.51. The highest BCUT2D eigenvalue weighted by molar-refractivity contribution is 6.08. The van der Waals surface area contributed by atoms with Crippen LogP contribution < -0.4 is 10.6 Å². The highest BCUT2D eigenvalue weighted by Gasteiger charge is 2.40. The molecule has 0 aliphatic heterocycles. The molecule has 0 aliphatic rings. The summed E-state index contributed by atoms with van der Waals surface area (Å²) in [6, 6.07) is 13.1. The van der Waals surface area contributed by atoms with Crippen LogP contribution in [-0.4, -0.2) is 47.4 Å². The third-order valence-electron chi connectivity index (χ3n) is 4.94. The highest BCUT2D eigenvalue weighted by Crippen LogP contribution is 2.16. The minimum atomic E-state index is -5.15. The van der Waals surface area contributed by atoms with Gasteiger partial charge in [-0.15, -0.1) is 0 Å². The summed E-state index contributed by atoms with van der Waals surface area (Å²) in [5, 5.41) is 12.8. The Morgan fingerprint density at radius 1 is 0.853 bits per heavy atom. The van der Waals surface area contributed by atoms with Gasteiger partial charge in [0.15, 0.2) is 5.78 Å². The summed E-state index contributed by atoms with van der Waals surface area (Å²) in [6.45, 7) is 0.126. The van der Waals surface area contributed by atoms with Gasteiger partial charge in [-0.05, 0) is 18.4 Å². The van der Waals surface area contributed by atoms with Crippen molar-refractivity contribution >= 4 is 23.6 Å². The number of aliphatic carboxylic acids is 1. The maximum absolute atomic E-state index is 12.7. The Morgan fingerprint density at radius 3 is 2.06 bits per heavy atom. The number of halogens is 3. The molecule has 2 aromatic carbocycles. The van der Waals surface area contributed by atoms with E-state index < -0.39 is 30.0 Å². The van der Waals surface area contributed by atoms with Gasteiger partial charge in [-0.2, -0.15) is 13.2 Å². The summed E-state index contributed by atoms with van der Waals surface area (Å²) in [5.41, 5.74) is 1.30. The monoisotopic (exact) mass is 478 g/mol. The number of carboxylic acids is 1. The molecule has 0 unspecified atom stereocenters. The third-order valence-corrected chi connectivity index (χ3v) is 4.94. The van der Waals surface area contributed by atoms with Crippen LogP contribution in [0.1, 0.15) is 47.2 Å². The number of carbonyl (C=O) groups is 4. The first kappa shape index (κ1) is 26.6. The number of amides is 2. The number of ketones is 1. The number of carbonyl (C=O) groups excluding carboxylic acids is 3. The van der Waals surface area contributed by atoms with Gasteiger partial charge in [0.25, 0.3) is 0 Å². The molecule has 3 N–H and O–H groups in total. The number of alkyl halides is 3. The maximum Gasteiger partial charge on any atom is 0.471 e. The average Bonchev–Trinajstić information content (AvgIpc) is 2.80. The topological polar surface area (TPSA) is 113 Å². The number of unbranched alkanes of at least 4 members (excludes halogenated alkanes) is 2. The Morgan fingerprint density at radius 2 is 1.47 bits per heavy atom. The van der Waals surface area contributed by atoms with Crippen LogP contribution in [0.3, 0.4) is 0 Å². The second-order valence-electron chi connectivity index (χ2n) is 7.62. The molecule has 0 heterocycles. The van der Waals surface area contributed by atoms with Crippen LogP contribution in [0.4, 0.5) is 13.2 Å². The quantitative estimate of drug-likeness (QED) is 0.320. The Bertz CT molecular complexity index is 992. The number of rotatable bonds is 12. The van der Waals surface area contributed by atoms with E-state index in [1.54, 1.807) is 35.6 Å². The predicted molar refractivity (Wildman–Crippen MR) is 117 cm³/mol. The second kappa shape index (κ2) is 12.5. The fraction of sp³-hybridized carbons (Fsp3) is 0.333. The van der Waals surface area contributed by atoms with E-state index in [-0.39, 0.29) is 25.2 Å². The summed E-state index contributed by atoms with van der Waals surface area (Å²) in [5.74, 6) is -4.18. The largest absolute Gasteiger partial charge is 0.481 e. The molecule has 0 fully saturated rings. The number of hydrogen-bond acceptors (Lipinski definition) is 4. The summed E-state index contributed by atoms with van der Waals surface area (Å²) < 4.78 is 38.2. The highest BCUT2D eigenvalue weighted by atomic mass is 19.4. The molecular weight excluding hydrogens is 453 g/mol. The molecule has 0 saturated carbocycles. The SMILES string of the molecule is O=C(O)CCCCCNC(=O)[C@H](Cc1ccc(C(=O)c2ccccc2)cc1)NC(=O)C(F)(F)F. The summed E-state index contributed by atoms with van der Waals surface area (Å²) in [7, 11) is 0. The molecule has 182 valence electrons. The van der Waals surface area contributed by atoms with Crippen molar-refractivity contribution in [2.24, 2.45) is 0 Å². The predicted octanol–water partition coefficient (Wildman–Crippen LogP) is 3.27. The molecule has 2 rings (SSSR count). The number of hydrogen-bond donors (Lipinski definition) is 3. The lowest BCUT2D eigenvalue weighted by molar-refractivity contribution is -0.174. The van der Waals surface area contributed by atoms with Crippen molar-refractivity contribution < 1.29 is 37.5 Å². The molecule has 0 aromatic heterocycles. The van der Waals surface area contributed by atoms with E-state index in [0.29, 0.717) is 36.0 Å². The van der Waals surface area contributed by atoms with E-state index in [0.717, 1.165) is 0 Å². The first-order chi connectivity index (χ1) is 16.1. The normalized spacial score (nSPS) is 12.0. The molecular formula is C24H25F3N2O5. The molecule has 34 heavy (non-hydrogen) atoms. The standard InChI is InChI=1S/C24H25F3N2O5/c25-24(26,27)23(34)29-19(22(33)28-14-6-2-5-9-20(30)31)15-16-10-12-18(13-11-16)21(32)17-7-3-1-4-8-17/h1,3-4,7-8,10-13,19H,2,5-6,9,14-15H2,(H,28,33)(H,29,34)(H,30,31)/t19-/m0/s1. The third kappa shape index (κ3) is 8.68. The van der Waals surface area contributed by atoms with Gasteiger partial charge in [-0.1, -0.05) is 61.0 Å². The number of carboxylic acid groups (broad SMARTS) is 1.